The Hall–Kier alpha value is -1.13. The Morgan fingerprint density at radius 2 is 1.95 bits per heavy atom. The second kappa shape index (κ2) is 5.82. The third-order valence-corrected chi connectivity index (χ3v) is 5.61. The molecule has 2 fully saturated rings. The van der Waals surface area contributed by atoms with E-state index >= 15 is 0 Å². The summed E-state index contributed by atoms with van der Waals surface area (Å²) in [6.07, 6.45) is 6.85. The van der Waals surface area contributed by atoms with Crippen LogP contribution in [0.15, 0.2) is 18.2 Å². The highest BCUT2D eigenvalue weighted by Gasteiger charge is 2.45. The fourth-order valence-electron chi connectivity index (χ4n) is 4.34. The van der Waals surface area contributed by atoms with Gasteiger partial charge in [0.05, 0.1) is 6.61 Å². The average Bonchev–Trinajstić information content (AvgIpc) is 2.71. The van der Waals surface area contributed by atoms with Crippen LogP contribution in [0.25, 0.3) is 0 Å². The van der Waals surface area contributed by atoms with E-state index in [0.29, 0.717) is 23.8 Å². The van der Waals surface area contributed by atoms with Crippen molar-refractivity contribution in [3.05, 3.63) is 29.6 Å². The summed E-state index contributed by atoms with van der Waals surface area (Å²) >= 11 is 0. The summed E-state index contributed by atoms with van der Waals surface area (Å²) in [6, 6.07) is 6.05. The predicted octanol–water partition coefficient (Wildman–Crippen LogP) is 3.59. The van der Waals surface area contributed by atoms with E-state index < -0.39 is 0 Å². The number of halogens is 1. The van der Waals surface area contributed by atoms with Gasteiger partial charge in [-0.05, 0) is 50.0 Å². The molecule has 3 aliphatic rings. The molecule has 1 N–H and O–H groups in total. The highest BCUT2D eigenvalue weighted by molar-refractivity contribution is 5.38. The largest absolute Gasteiger partial charge is 0.490 e. The van der Waals surface area contributed by atoms with Gasteiger partial charge in [-0.15, -0.1) is 0 Å². The maximum atomic E-state index is 14.0. The summed E-state index contributed by atoms with van der Waals surface area (Å²) in [4.78, 5) is 0. The smallest absolute Gasteiger partial charge is 0.165 e. The molecule has 0 radical (unpaired) electrons. The monoisotopic (exact) mass is 305 g/mol. The lowest BCUT2D eigenvalue weighted by atomic mass is 9.61. The predicted molar refractivity (Wildman–Crippen MR) is 82.5 cm³/mol. The van der Waals surface area contributed by atoms with Crippen molar-refractivity contribution in [2.75, 3.05) is 19.8 Å². The number of nitrogens with one attached hydrogen (secondary N) is 1. The first kappa shape index (κ1) is 14.5. The number of para-hydroxylation sites is 1. The van der Waals surface area contributed by atoms with Crippen LogP contribution >= 0.6 is 0 Å². The van der Waals surface area contributed by atoms with Gasteiger partial charge in [0.2, 0.25) is 0 Å². The van der Waals surface area contributed by atoms with Crippen LogP contribution in [0.3, 0.4) is 0 Å². The van der Waals surface area contributed by atoms with Crippen molar-refractivity contribution in [1.29, 1.82) is 0 Å². The van der Waals surface area contributed by atoms with Crippen LogP contribution in [0.4, 0.5) is 4.39 Å². The molecule has 22 heavy (non-hydrogen) atoms. The van der Waals surface area contributed by atoms with Gasteiger partial charge in [-0.1, -0.05) is 12.1 Å². The first-order valence-corrected chi connectivity index (χ1v) is 8.51. The normalized spacial score (nSPS) is 27.6. The van der Waals surface area contributed by atoms with Crippen LogP contribution in [0.5, 0.6) is 5.75 Å². The molecule has 1 aromatic rings. The molecule has 0 bridgehead atoms. The van der Waals surface area contributed by atoms with Gasteiger partial charge in [-0.3, -0.25) is 0 Å². The SMILES string of the molecule is Fc1cccc2c1OCCCC2NC1CC2(CCOCC2)C1. The van der Waals surface area contributed by atoms with Crippen molar-refractivity contribution in [2.24, 2.45) is 5.41 Å². The molecule has 1 saturated carbocycles. The van der Waals surface area contributed by atoms with Gasteiger partial charge in [0.25, 0.3) is 0 Å². The van der Waals surface area contributed by atoms with Gasteiger partial charge < -0.3 is 14.8 Å². The van der Waals surface area contributed by atoms with Gasteiger partial charge >= 0.3 is 0 Å². The molecule has 0 aromatic heterocycles. The van der Waals surface area contributed by atoms with E-state index in [4.69, 9.17) is 9.47 Å². The maximum Gasteiger partial charge on any atom is 0.165 e. The lowest BCUT2D eigenvalue weighted by Crippen LogP contribution is -2.52. The Labute approximate surface area is 131 Å². The second-order valence-electron chi connectivity index (χ2n) is 7.09. The molecule has 3 nitrogen and oxygen atoms in total. The third kappa shape index (κ3) is 2.63. The molecule has 120 valence electrons. The molecule has 1 atom stereocenters. The second-order valence-corrected chi connectivity index (χ2v) is 7.09. The molecule has 2 aliphatic heterocycles. The zero-order valence-corrected chi connectivity index (χ0v) is 12.9. The van der Waals surface area contributed by atoms with Gasteiger partial charge in [0, 0.05) is 30.9 Å². The maximum absolute atomic E-state index is 14.0. The minimum Gasteiger partial charge on any atom is -0.490 e. The van der Waals surface area contributed by atoms with Crippen LogP contribution in [-0.2, 0) is 4.74 Å². The topological polar surface area (TPSA) is 30.5 Å². The zero-order chi connectivity index (χ0) is 15.0. The Kier molecular flexibility index (Phi) is 3.82. The molecular weight excluding hydrogens is 281 g/mol. The third-order valence-electron chi connectivity index (χ3n) is 5.61. The molecule has 1 unspecified atom stereocenters. The molecule has 1 spiro atoms. The number of hydrogen-bond donors (Lipinski definition) is 1. The minimum atomic E-state index is -0.235. The van der Waals surface area contributed by atoms with Crippen molar-refractivity contribution < 1.29 is 13.9 Å². The van der Waals surface area contributed by atoms with E-state index in [0.717, 1.165) is 31.6 Å². The fraction of sp³-hybridized carbons (Fsp3) is 0.667. The van der Waals surface area contributed by atoms with E-state index in [1.807, 2.05) is 6.07 Å². The van der Waals surface area contributed by atoms with Crippen LogP contribution in [0.2, 0.25) is 0 Å². The molecular formula is C18H24FNO2. The van der Waals surface area contributed by atoms with Crippen molar-refractivity contribution >= 4 is 0 Å². The number of fused-ring (bicyclic) bond motifs is 1. The first-order valence-electron chi connectivity index (χ1n) is 8.51. The van der Waals surface area contributed by atoms with Crippen molar-refractivity contribution in [1.82, 2.24) is 5.32 Å². The highest BCUT2D eigenvalue weighted by atomic mass is 19.1. The van der Waals surface area contributed by atoms with Gasteiger partial charge in [0.1, 0.15) is 0 Å². The molecule has 1 saturated heterocycles. The fourth-order valence-corrected chi connectivity index (χ4v) is 4.34. The number of hydrogen-bond acceptors (Lipinski definition) is 3. The van der Waals surface area contributed by atoms with E-state index in [2.05, 4.69) is 5.32 Å². The van der Waals surface area contributed by atoms with E-state index in [-0.39, 0.29) is 11.9 Å². The number of benzene rings is 1. The number of rotatable bonds is 2. The van der Waals surface area contributed by atoms with Crippen LogP contribution in [0, 0.1) is 11.2 Å². The zero-order valence-electron chi connectivity index (χ0n) is 12.9. The highest BCUT2D eigenvalue weighted by Crippen LogP contribution is 2.49. The van der Waals surface area contributed by atoms with Crippen molar-refractivity contribution in [2.45, 2.75) is 50.6 Å². The summed E-state index contributed by atoms with van der Waals surface area (Å²) < 4.78 is 25.1. The summed E-state index contributed by atoms with van der Waals surface area (Å²) in [7, 11) is 0. The van der Waals surface area contributed by atoms with Crippen molar-refractivity contribution in [3.8, 4) is 5.75 Å². The molecule has 4 rings (SSSR count). The summed E-state index contributed by atoms with van der Waals surface area (Å²) in [6.45, 7) is 2.44. The lowest BCUT2D eigenvalue weighted by molar-refractivity contribution is -0.0473. The Bertz CT molecular complexity index is 534. The Balaban J connectivity index is 1.44. The molecule has 4 heteroatoms. The quantitative estimate of drug-likeness (QED) is 0.906. The molecule has 1 aliphatic carbocycles. The summed E-state index contributed by atoms with van der Waals surface area (Å²) in [5.74, 6) is 0.221. The Morgan fingerprint density at radius 1 is 1.14 bits per heavy atom. The molecule has 2 heterocycles. The van der Waals surface area contributed by atoms with Gasteiger partial charge in [-0.25, -0.2) is 4.39 Å². The van der Waals surface area contributed by atoms with E-state index in [1.54, 1.807) is 6.07 Å². The first-order chi connectivity index (χ1) is 10.8. The Morgan fingerprint density at radius 3 is 2.77 bits per heavy atom. The van der Waals surface area contributed by atoms with E-state index in [1.165, 1.54) is 31.7 Å². The minimum absolute atomic E-state index is 0.218. The van der Waals surface area contributed by atoms with Crippen molar-refractivity contribution in [3.63, 3.8) is 0 Å². The van der Waals surface area contributed by atoms with Gasteiger partial charge in [0.15, 0.2) is 11.6 Å². The number of ether oxygens (including phenoxy) is 2. The van der Waals surface area contributed by atoms with Crippen LogP contribution in [0.1, 0.15) is 50.1 Å². The summed E-state index contributed by atoms with van der Waals surface area (Å²) in [5.41, 5.74) is 1.51. The van der Waals surface area contributed by atoms with Crippen LogP contribution in [-0.4, -0.2) is 25.9 Å². The lowest BCUT2D eigenvalue weighted by Gasteiger charge is -2.51. The van der Waals surface area contributed by atoms with Crippen LogP contribution < -0.4 is 10.1 Å². The van der Waals surface area contributed by atoms with Gasteiger partial charge in [-0.2, -0.15) is 0 Å². The van der Waals surface area contributed by atoms with E-state index in [9.17, 15) is 4.39 Å². The molecule has 1 aromatic carbocycles. The molecule has 0 amide bonds. The standard InChI is InChI=1S/C18H24FNO2/c19-15-4-1-3-14-16(5-2-8-22-17(14)15)20-13-11-18(12-13)6-9-21-10-7-18/h1,3-4,13,16,20H,2,5-12H2. The average molecular weight is 305 g/mol. The summed E-state index contributed by atoms with van der Waals surface area (Å²) in [5, 5.41) is 3.76.